The van der Waals surface area contributed by atoms with Crippen LogP contribution in [0, 0.1) is 17.2 Å². The molecule has 1 aromatic rings. The monoisotopic (exact) mass is 355 g/mol. The Labute approximate surface area is 148 Å². The summed E-state index contributed by atoms with van der Waals surface area (Å²) in [5, 5.41) is 13.1. The Morgan fingerprint density at radius 3 is 2.52 bits per heavy atom. The predicted octanol–water partition coefficient (Wildman–Crippen LogP) is 3.87. The summed E-state index contributed by atoms with van der Waals surface area (Å²) >= 11 is 12.2. The molecule has 23 heavy (non-hydrogen) atoms. The van der Waals surface area contributed by atoms with Gasteiger partial charge in [-0.3, -0.25) is 9.69 Å². The van der Waals surface area contributed by atoms with Crippen LogP contribution in [0.3, 0.4) is 0 Å². The zero-order chi connectivity index (χ0) is 17.8. The van der Waals surface area contributed by atoms with Crippen LogP contribution in [-0.2, 0) is 11.3 Å². The van der Waals surface area contributed by atoms with Crippen molar-refractivity contribution in [2.75, 3.05) is 7.05 Å². The molecule has 0 aromatic heterocycles. The first-order valence-corrected chi connectivity index (χ1v) is 8.24. The second-order valence-electron chi connectivity index (χ2n) is 6.26. The highest BCUT2D eigenvalue weighted by Crippen LogP contribution is 2.26. The van der Waals surface area contributed by atoms with E-state index in [-0.39, 0.29) is 11.8 Å². The average Bonchev–Trinajstić information content (AvgIpc) is 2.50. The van der Waals surface area contributed by atoms with Gasteiger partial charge in [0, 0.05) is 6.54 Å². The van der Waals surface area contributed by atoms with E-state index in [2.05, 4.69) is 11.4 Å². The Bertz CT molecular complexity index is 612. The highest BCUT2D eigenvalue weighted by Gasteiger charge is 2.32. The van der Waals surface area contributed by atoms with Crippen molar-refractivity contribution in [1.82, 2.24) is 10.2 Å². The van der Waals surface area contributed by atoms with Gasteiger partial charge in [-0.05, 0) is 38.4 Å². The molecule has 126 valence electrons. The van der Waals surface area contributed by atoms with Crippen molar-refractivity contribution in [3.63, 3.8) is 0 Å². The van der Waals surface area contributed by atoms with Crippen LogP contribution in [0.5, 0.6) is 0 Å². The minimum atomic E-state index is -0.889. The first-order chi connectivity index (χ1) is 10.6. The van der Waals surface area contributed by atoms with Crippen LogP contribution in [0.1, 0.15) is 33.3 Å². The Morgan fingerprint density at radius 2 is 2.00 bits per heavy atom. The molecule has 0 spiro atoms. The number of nitrogens with one attached hydrogen (secondary N) is 1. The molecule has 4 nitrogen and oxygen atoms in total. The van der Waals surface area contributed by atoms with Crippen molar-refractivity contribution in [3.8, 4) is 6.07 Å². The zero-order valence-electron chi connectivity index (χ0n) is 14.2. The summed E-state index contributed by atoms with van der Waals surface area (Å²) < 4.78 is 0. The smallest absolute Gasteiger partial charge is 0.238 e. The fraction of sp³-hybridized carbons (Fsp3) is 0.529. The third-order valence-electron chi connectivity index (χ3n) is 4.26. The fourth-order valence-corrected chi connectivity index (χ4v) is 2.32. The molecule has 1 N–H and O–H groups in total. The molecular weight excluding hydrogens is 333 g/mol. The number of hydrogen-bond donors (Lipinski definition) is 1. The molecular formula is C17H23Cl2N3O. The Kier molecular flexibility index (Phi) is 6.88. The zero-order valence-corrected chi connectivity index (χ0v) is 15.7. The van der Waals surface area contributed by atoms with E-state index in [0.717, 1.165) is 5.56 Å². The van der Waals surface area contributed by atoms with Crippen molar-refractivity contribution >= 4 is 29.1 Å². The molecule has 0 fully saturated rings. The second kappa shape index (κ2) is 8.01. The lowest BCUT2D eigenvalue weighted by Crippen LogP contribution is -2.54. The third-order valence-corrected chi connectivity index (χ3v) is 5.12. The molecule has 0 aliphatic carbocycles. The van der Waals surface area contributed by atoms with Gasteiger partial charge in [-0.25, -0.2) is 0 Å². The maximum absolute atomic E-state index is 12.4. The molecule has 1 rings (SSSR count). The summed E-state index contributed by atoms with van der Waals surface area (Å²) in [6, 6.07) is 7.21. The fourth-order valence-electron chi connectivity index (χ4n) is 1.94. The Hall–Kier alpha value is -1.28. The largest absolute Gasteiger partial charge is 0.336 e. The summed E-state index contributed by atoms with van der Waals surface area (Å²) in [4.78, 5) is 14.3. The summed E-state index contributed by atoms with van der Waals surface area (Å²) in [6.45, 7) is 7.83. The van der Waals surface area contributed by atoms with E-state index in [4.69, 9.17) is 23.2 Å². The number of benzene rings is 1. The number of nitriles is 1. The number of halogens is 2. The van der Waals surface area contributed by atoms with E-state index in [0.29, 0.717) is 16.6 Å². The van der Waals surface area contributed by atoms with Gasteiger partial charge in [0.2, 0.25) is 5.91 Å². The van der Waals surface area contributed by atoms with Gasteiger partial charge < -0.3 is 5.32 Å². The normalized spacial score (nSPS) is 15.1. The topological polar surface area (TPSA) is 56.1 Å². The maximum atomic E-state index is 12.4. The molecule has 2 atom stereocenters. The van der Waals surface area contributed by atoms with Crippen molar-refractivity contribution in [2.24, 2.45) is 5.92 Å². The lowest BCUT2D eigenvalue weighted by molar-refractivity contribution is -0.127. The molecule has 0 radical (unpaired) electrons. The van der Waals surface area contributed by atoms with Crippen molar-refractivity contribution in [1.29, 1.82) is 5.26 Å². The average molecular weight is 356 g/mol. The summed E-state index contributed by atoms with van der Waals surface area (Å²) in [5.74, 6) is -0.181. The molecule has 0 aliphatic rings. The van der Waals surface area contributed by atoms with E-state index in [1.165, 1.54) is 0 Å². The van der Waals surface area contributed by atoms with Gasteiger partial charge >= 0.3 is 0 Å². The van der Waals surface area contributed by atoms with E-state index in [1.54, 1.807) is 19.9 Å². The number of likely N-dealkylation sites (N-methyl/N-ethyl adjacent to an activating group) is 1. The number of carbonyl (C=O) groups is 1. The van der Waals surface area contributed by atoms with Crippen molar-refractivity contribution in [2.45, 2.75) is 45.8 Å². The lowest BCUT2D eigenvalue weighted by Gasteiger charge is -2.31. The van der Waals surface area contributed by atoms with Crippen LogP contribution in [0.15, 0.2) is 18.2 Å². The van der Waals surface area contributed by atoms with E-state index < -0.39 is 11.6 Å². The molecule has 0 aliphatic heterocycles. The van der Waals surface area contributed by atoms with Gasteiger partial charge in [0.25, 0.3) is 0 Å². The number of carbonyl (C=O) groups excluding carboxylic acids is 1. The molecule has 0 saturated heterocycles. The van der Waals surface area contributed by atoms with E-state index in [1.807, 2.05) is 37.9 Å². The first kappa shape index (κ1) is 19.8. The first-order valence-electron chi connectivity index (χ1n) is 7.48. The quantitative estimate of drug-likeness (QED) is 0.842. The predicted molar refractivity (Wildman–Crippen MR) is 94.4 cm³/mol. The summed E-state index contributed by atoms with van der Waals surface area (Å²) in [6.07, 6.45) is 0. The molecule has 1 aromatic carbocycles. The molecule has 0 heterocycles. The van der Waals surface area contributed by atoms with Crippen LogP contribution in [0.4, 0.5) is 0 Å². The number of nitrogens with zero attached hydrogens (tertiary/aromatic N) is 2. The Morgan fingerprint density at radius 1 is 1.39 bits per heavy atom. The summed E-state index contributed by atoms with van der Waals surface area (Å²) in [5.41, 5.74) is -0.0342. The van der Waals surface area contributed by atoms with Crippen LogP contribution in [0.2, 0.25) is 10.0 Å². The lowest BCUT2D eigenvalue weighted by atomic mass is 9.90. The van der Waals surface area contributed by atoms with Gasteiger partial charge in [0.1, 0.15) is 5.54 Å². The molecule has 1 amide bonds. The van der Waals surface area contributed by atoms with Gasteiger partial charge in [0.05, 0.1) is 22.2 Å². The van der Waals surface area contributed by atoms with Gasteiger partial charge in [-0.15, -0.1) is 0 Å². The van der Waals surface area contributed by atoms with E-state index in [9.17, 15) is 10.1 Å². The van der Waals surface area contributed by atoms with Crippen molar-refractivity contribution in [3.05, 3.63) is 33.8 Å². The minimum Gasteiger partial charge on any atom is -0.336 e. The molecule has 2 unspecified atom stereocenters. The van der Waals surface area contributed by atoms with Crippen LogP contribution in [-0.4, -0.2) is 29.4 Å². The highest BCUT2D eigenvalue weighted by atomic mass is 35.5. The third kappa shape index (κ3) is 4.84. The second-order valence-corrected chi connectivity index (χ2v) is 7.05. The number of hydrogen-bond acceptors (Lipinski definition) is 3. The SMILES string of the molecule is CC(C(=O)NC(C)(C#N)C(C)C)N(C)Cc1cccc(Cl)c1Cl. The Balaban J connectivity index is 2.80. The molecule has 0 saturated carbocycles. The van der Waals surface area contributed by atoms with E-state index >= 15 is 0 Å². The minimum absolute atomic E-state index is 0.0105. The van der Waals surface area contributed by atoms with Gasteiger partial charge in [0.15, 0.2) is 0 Å². The van der Waals surface area contributed by atoms with Gasteiger partial charge in [-0.1, -0.05) is 49.2 Å². The standard InChI is InChI=1S/C17H23Cl2N3O/c1-11(2)17(4,10-20)21-16(23)12(3)22(5)9-13-7-6-8-14(18)15(13)19/h6-8,11-12H,9H2,1-5H3,(H,21,23). The van der Waals surface area contributed by atoms with Gasteiger partial charge in [-0.2, -0.15) is 5.26 Å². The van der Waals surface area contributed by atoms with Crippen LogP contribution in [0.25, 0.3) is 0 Å². The van der Waals surface area contributed by atoms with Crippen LogP contribution < -0.4 is 5.32 Å². The number of rotatable bonds is 6. The molecule has 0 bridgehead atoms. The molecule has 6 heteroatoms. The van der Waals surface area contributed by atoms with Crippen LogP contribution >= 0.6 is 23.2 Å². The van der Waals surface area contributed by atoms with Crippen molar-refractivity contribution < 1.29 is 4.79 Å². The number of amides is 1. The summed E-state index contributed by atoms with van der Waals surface area (Å²) in [7, 11) is 1.83. The highest BCUT2D eigenvalue weighted by molar-refractivity contribution is 6.42. The maximum Gasteiger partial charge on any atom is 0.238 e.